The Morgan fingerprint density at radius 2 is 2.03 bits per heavy atom. The van der Waals surface area contributed by atoms with Gasteiger partial charge in [0, 0.05) is 22.3 Å². The maximum absolute atomic E-state index is 12.5. The molecule has 0 unspecified atom stereocenters. The van der Waals surface area contributed by atoms with E-state index in [-0.39, 0.29) is 29.0 Å². The van der Waals surface area contributed by atoms with Gasteiger partial charge in [0.1, 0.15) is 22.5 Å². The van der Waals surface area contributed by atoms with Crippen molar-refractivity contribution in [1.29, 1.82) is 0 Å². The van der Waals surface area contributed by atoms with E-state index in [2.05, 4.69) is 36.1 Å². The van der Waals surface area contributed by atoms with E-state index < -0.39 is 24.7 Å². The van der Waals surface area contributed by atoms with Crippen LogP contribution in [-0.2, 0) is 11.3 Å². The summed E-state index contributed by atoms with van der Waals surface area (Å²) in [5.41, 5.74) is 0.523. The van der Waals surface area contributed by atoms with Gasteiger partial charge < -0.3 is 14.5 Å². The molecule has 4 aromatic rings. The first kappa shape index (κ1) is 20.8. The molecular weight excluding hydrogens is 485 g/mol. The molecule has 31 heavy (non-hydrogen) atoms. The number of carbonyl (C=O) groups is 2. The molecule has 1 amide bonds. The Kier molecular flexibility index (Phi) is 5.39. The smallest absolute Gasteiger partial charge is 0.422 e. The molecule has 0 saturated heterocycles. The van der Waals surface area contributed by atoms with Crippen LogP contribution in [0.15, 0.2) is 51.7 Å². The van der Waals surface area contributed by atoms with Gasteiger partial charge in [0.05, 0.1) is 12.7 Å². The molecule has 1 N–H and O–H groups in total. The van der Waals surface area contributed by atoms with Crippen molar-refractivity contribution in [3.8, 4) is 0 Å². The molecule has 0 bridgehead atoms. The molecule has 8 nitrogen and oxygen atoms in total. The third-order valence-electron chi connectivity index (χ3n) is 4.17. The van der Waals surface area contributed by atoms with Crippen LogP contribution in [0.2, 0.25) is 0 Å². The summed E-state index contributed by atoms with van der Waals surface area (Å²) in [5.74, 6) is -1.33. The van der Waals surface area contributed by atoms with Crippen molar-refractivity contribution in [3.63, 3.8) is 0 Å². The van der Waals surface area contributed by atoms with Crippen molar-refractivity contribution in [3.05, 3.63) is 64.2 Å². The number of ether oxygens (including phenoxy) is 1. The lowest BCUT2D eigenvalue weighted by Gasteiger charge is -2.08. The van der Waals surface area contributed by atoms with Crippen LogP contribution in [0.3, 0.4) is 0 Å². The molecule has 1 aromatic carbocycles. The minimum atomic E-state index is -4.65. The number of carbonyl (C=O) groups excluding carboxylic acids is 2. The molecule has 0 aliphatic rings. The van der Waals surface area contributed by atoms with Crippen LogP contribution in [-0.4, -0.2) is 39.3 Å². The number of fused-ring (bicyclic) bond motifs is 2. The van der Waals surface area contributed by atoms with Crippen LogP contribution in [0.5, 0.6) is 0 Å². The minimum Gasteiger partial charge on any atom is -0.458 e. The van der Waals surface area contributed by atoms with Crippen molar-refractivity contribution >= 4 is 44.4 Å². The van der Waals surface area contributed by atoms with E-state index in [0.29, 0.717) is 15.5 Å². The molecule has 0 atom stereocenters. The SMILES string of the molecule is O=C(OCC(F)(F)F)c1cc(Br)cc2cc(CNC(=O)c3cnn4cccnc34)oc12. The number of nitrogens with zero attached hydrogens (tertiary/aromatic N) is 3. The lowest BCUT2D eigenvalue weighted by atomic mass is 10.1. The number of nitrogens with one attached hydrogen (secondary N) is 1. The van der Waals surface area contributed by atoms with Crippen LogP contribution in [0, 0.1) is 0 Å². The van der Waals surface area contributed by atoms with E-state index >= 15 is 0 Å². The Bertz CT molecular complexity index is 1300. The fraction of sp³-hybridized carbons (Fsp3) is 0.158. The summed E-state index contributed by atoms with van der Waals surface area (Å²) in [7, 11) is 0. The summed E-state index contributed by atoms with van der Waals surface area (Å²) in [6.07, 6.45) is -0.0888. The van der Waals surface area contributed by atoms with Crippen molar-refractivity contribution in [2.75, 3.05) is 6.61 Å². The third-order valence-corrected chi connectivity index (χ3v) is 4.62. The molecule has 0 aliphatic carbocycles. The highest BCUT2D eigenvalue weighted by Crippen LogP contribution is 2.29. The molecule has 12 heteroatoms. The Balaban J connectivity index is 1.54. The Morgan fingerprint density at radius 3 is 2.81 bits per heavy atom. The van der Waals surface area contributed by atoms with Gasteiger partial charge in [-0.2, -0.15) is 18.3 Å². The maximum atomic E-state index is 12.5. The van der Waals surface area contributed by atoms with Crippen LogP contribution >= 0.6 is 15.9 Å². The number of rotatable bonds is 5. The number of aromatic nitrogens is 3. The summed E-state index contributed by atoms with van der Waals surface area (Å²) < 4.78 is 48.9. The largest absolute Gasteiger partial charge is 0.458 e. The number of hydrogen-bond acceptors (Lipinski definition) is 6. The first-order chi connectivity index (χ1) is 14.7. The highest BCUT2D eigenvalue weighted by Gasteiger charge is 2.30. The molecule has 0 radical (unpaired) electrons. The number of amides is 1. The van der Waals surface area contributed by atoms with Crippen molar-refractivity contribution in [1.82, 2.24) is 19.9 Å². The van der Waals surface area contributed by atoms with Gasteiger partial charge in [-0.3, -0.25) is 4.79 Å². The minimum absolute atomic E-state index is 0.0354. The van der Waals surface area contributed by atoms with E-state index in [0.717, 1.165) is 0 Å². The summed E-state index contributed by atoms with van der Waals surface area (Å²) >= 11 is 3.21. The van der Waals surface area contributed by atoms with Crippen molar-refractivity contribution in [2.45, 2.75) is 12.7 Å². The van der Waals surface area contributed by atoms with Crippen LogP contribution in [0.4, 0.5) is 13.2 Å². The van der Waals surface area contributed by atoms with Crippen molar-refractivity contribution in [2.24, 2.45) is 0 Å². The predicted molar refractivity (Wildman–Crippen MR) is 104 cm³/mol. The molecule has 160 valence electrons. The molecule has 3 aromatic heterocycles. The number of halogens is 4. The van der Waals surface area contributed by atoms with Gasteiger partial charge in [-0.05, 0) is 24.3 Å². The highest BCUT2D eigenvalue weighted by atomic mass is 79.9. The maximum Gasteiger partial charge on any atom is 0.422 e. The average molecular weight is 497 g/mol. The zero-order valence-corrected chi connectivity index (χ0v) is 17.0. The summed E-state index contributed by atoms with van der Waals surface area (Å²) in [5, 5.41) is 7.15. The third kappa shape index (κ3) is 4.53. The molecule has 0 aliphatic heterocycles. The monoisotopic (exact) mass is 496 g/mol. The van der Waals surface area contributed by atoms with Gasteiger partial charge in [-0.25, -0.2) is 14.3 Å². The fourth-order valence-electron chi connectivity index (χ4n) is 2.88. The number of furan rings is 1. The molecular formula is C19H12BrF3N4O4. The van der Waals surface area contributed by atoms with Gasteiger partial charge in [-0.1, -0.05) is 15.9 Å². The van der Waals surface area contributed by atoms with Crippen LogP contribution < -0.4 is 5.32 Å². The predicted octanol–water partition coefficient (Wildman–Crippen LogP) is 3.89. The standard InChI is InChI=1S/C19H12BrF3N4O4/c20-11-4-10-5-12(31-15(10)13(6-11)18(29)30-9-19(21,22)23)7-25-17(28)14-8-26-27-3-1-2-24-16(14)27/h1-6,8H,7,9H2,(H,25,28). The van der Waals surface area contributed by atoms with Gasteiger partial charge >= 0.3 is 12.1 Å². The first-order valence-electron chi connectivity index (χ1n) is 8.74. The number of esters is 1. The topological polar surface area (TPSA) is 98.7 Å². The Morgan fingerprint density at radius 1 is 1.23 bits per heavy atom. The first-order valence-corrected chi connectivity index (χ1v) is 9.53. The quantitative estimate of drug-likeness (QED) is 0.421. The van der Waals surface area contributed by atoms with Crippen molar-refractivity contribution < 1.29 is 31.9 Å². The molecule has 0 spiro atoms. The second-order valence-corrected chi connectivity index (χ2v) is 7.32. The van der Waals surface area contributed by atoms with E-state index in [1.54, 1.807) is 24.4 Å². The zero-order valence-electron chi connectivity index (χ0n) is 15.4. The van der Waals surface area contributed by atoms with E-state index in [4.69, 9.17) is 4.42 Å². The molecule has 0 saturated carbocycles. The Hall–Kier alpha value is -3.41. The van der Waals surface area contributed by atoms with Gasteiger partial charge in [0.25, 0.3) is 5.91 Å². The molecule has 0 fully saturated rings. The molecule has 3 heterocycles. The zero-order chi connectivity index (χ0) is 22.2. The van der Waals surface area contributed by atoms with E-state index in [1.807, 2.05) is 0 Å². The van der Waals surface area contributed by atoms with Gasteiger partial charge in [0.15, 0.2) is 12.3 Å². The number of alkyl halides is 3. The second kappa shape index (κ2) is 8.02. The van der Waals surface area contributed by atoms with Crippen LogP contribution in [0.1, 0.15) is 26.5 Å². The van der Waals surface area contributed by atoms with Gasteiger partial charge in [-0.15, -0.1) is 0 Å². The number of benzene rings is 1. The van der Waals surface area contributed by atoms with Crippen LogP contribution in [0.25, 0.3) is 16.6 Å². The average Bonchev–Trinajstić information content (AvgIpc) is 3.33. The lowest BCUT2D eigenvalue weighted by molar-refractivity contribution is -0.161. The molecule has 4 rings (SSSR count). The fourth-order valence-corrected chi connectivity index (χ4v) is 3.36. The highest BCUT2D eigenvalue weighted by molar-refractivity contribution is 9.10. The van der Waals surface area contributed by atoms with Gasteiger partial charge in [0.2, 0.25) is 0 Å². The number of hydrogen-bond donors (Lipinski definition) is 1. The second-order valence-electron chi connectivity index (χ2n) is 6.40. The Labute approximate surface area is 180 Å². The summed E-state index contributed by atoms with van der Waals surface area (Å²) in [6.45, 7) is -1.75. The lowest BCUT2D eigenvalue weighted by Crippen LogP contribution is -2.22. The summed E-state index contributed by atoms with van der Waals surface area (Å²) in [6, 6.07) is 6.16. The normalized spacial score (nSPS) is 11.7. The van der Waals surface area contributed by atoms with E-state index in [1.165, 1.54) is 23.0 Å². The van der Waals surface area contributed by atoms with E-state index in [9.17, 15) is 22.8 Å². The summed E-state index contributed by atoms with van der Waals surface area (Å²) in [4.78, 5) is 28.7.